The predicted octanol–water partition coefficient (Wildman–Crippen LogP) is 6.79. The fourth-order valence-electron chi connectivity index (χ4n) is 13.2. The molecular formula is C38H60O8. The van der Waals surface area contributed by atoms with Crippen molar-refractivity contribution in [2.45, 2.75) is 170 Å². The van der Waals surface area contributed by atoms with Gasteiger partial charge < -0.3 is 24.1 Å². The van der Waals surface area contributed by atoms with Crippen LogP contribution in [0.2, 0.25) is 0 Å². The Balaban J connectivity index is 1.38. The molecule has 0 aromatic rings. The van der Waals surface area contributed by atoms with E-state index in [1.54, 1.807) is 13.8 Å². The maximum atomic E-state index is 13.2. The van der Waals surface area contributed by atoms with Gasteiger partial charge in [-0.15, -0.1) is 0 Å². The largest absolute Gasteiger partial charge is 0.462 e. The van der Waals surface area contributed by atoms with Crippen LogP contribution in [0.1, 0.15) is 133 Å². The summed E-state index contributed by atoms with van der Waals surface area (Å²) in [5.41, 5.74) is -1.39. The van der Waals surface area contributed by atoms with Crippen molar-refractivity contribution in [1.29, 1.82) is 0 Å². The summed E-state index contributed by atoms with van der Waals surface area (Å²) in [6.07, 6.45) is 6.80. The van der Waals surface area contributed by atoms with Crippen LogP contribution in [0.25, 0.3) is 0 Å². The zero-order valence-electron chi connectivity index (χ0n) is 30.1. The molecule has 8 heteroatoms. The van der Waals surface area contributed by atoms with E-state index in [2.05, 4.69) is 34.6 Å². The number of esters is 3. The number of ether oxygens (including phenoxy) is 4. The number of fused-ring (bicyclic) bond motifs is 4. The van der Waals surface area contributed by atoms with E-state index in [0.29, 0.717) is 31.1 Å². The predicted molar refractivity (Wildman–Crippen MR) is 172 cm³/mol. The SMILES string of the molecule is CCC(=O)OC1CCC23C[C@]24CC[C@]2(C)C5C(OC([C@H](OC(C)=O)C(C)(C)O)C[C@H]5C)[C@H](OC(=O)CC)[C@@]2(C)[C@@H]4CC[C@H]3C1(C)C. The fraction of sp³-hybridized carbons (Fsp3) is 0.921. The third kappa shape index (κ3) is 4.53. The van der Waals surface area contributed by atoms with Crippen molar-refractivity contribution in [3.63, 3.8) is 0 Å². The minimum Gasteiger partial charge on any atom is -0.462 e. The Morgan fingerprint density at radius 1 is 0.913 bits per heavy atom. The van der Waals surface area contributed by atoms with Crippen LogP contribution in [-0.4, -0.2) is 59.1 Å². The van der Waals surface area contributed by atoms with Gasteiger partial charge in [-0.1, -0.05) is 48.5 Å². The second kappa shape index (κ2) is 10.9. The molecule has 6 aliphatic rings. The summed E-state index contributed by atoms with van der Waals surface area (Å²) < 4.78 is 25.4. The highest BCUT2D eigenvalue weighted by atomic mass is 16.6. The zero-order chi connectivity index (χ0) is 33.8. The molecule has 8 nitrogen and oxygen atoms in total. The molecule has 5 saturated carbocycles. The van der Waals surface area contributed by atoms with Gasteiger partial charge in [-0.2, -0.15) is 0 Å². The molecule has 13 atom stereocenters. The average molecular weight is 645 g/mol. The Kier molecular flexibility index (Phi) is 8.12. The summed E-state index contributed by atoms with van der Waals surface area (Å²) in [6.45, 7) is 20.2. The number of carbonyl (C=O) groups is 3. The first-order valence-electron chi connectivity index (χ1n) is 18.3. The summed E-state index contributed by atoms with van der Waals surface area (Å²) in [7, 11) is 0. The van der Waals surface area contributed by atoms with Crippen LogP contribution in [0.5, 0.6) is 0 Å². The highest BCUT2D eigenvalue weighted by Crippen LogP contribution is 2.89. The molecule has 1 N–H and O–H groups in total. The van der Waals surface area contributed by atoms with E-state index in [1.807, 2.05) is 13.8 Å². The number of hydrogen-bond acceptors (Lipinski definition) is 8. The second-order valence-electron chi connectivity index (χ2n) is 17.9. The summed E-state index contributed by atoms with van der Waals surface area (Å²) in [6, 6.07) is 0. The van der Waals surface area contributed by atoms with E-state index in [-0.39, 0.29) is 63.1 Å². The van der Waals surface area contributed by atoms with Gasteiger partial charge in [-0.05, 0) is 105 Å². The van der Waals surface area contributed by atoms with Gasteiger partial charge in [0.1, 0.15) is 12.2 Å². The maximum absolute atomic E-state index is 13.2. The first-order chi connectivity index (χ1) is 21.3. The molecule has 1 aliphatic heterocycles. The van der Waals surface area contributed by atoms with Crippen LogP contribution in [-0.2, 0) is 33.3 Å². The number of hydrogen-bond donors (Lipinski definition) is 1. The molecule has 0 radical (unpaired) electrons. The number of rotatable bonds is 7. The molecule has 0 aromatic carbocycles. The van der Waals surface area contributed by atoms with Gasteiger partial charge in [-0.3, -0.25) is 14.4 Å². The van der Waals surface area contributed by atoms with E-state index in [9.17, 15) is 19.5 Å². The maximum Gasteiger partial charge on any atom is 0.305 e. The zero-order valence-corrected chi connectivity index (χ0v) is 30.1. The molecule has 260 valence electrons. The molecule has 1 saturated heterocycles. The van der Waals surface area contributed by atoms with Gasteiger partial charge >= 0.3 is 17.9 Å². The molecule has 0 aromatic heterocycles. The summed E-state index contributed by atoms with van der Waals surface area (Å²) in [5, 5.41) is 11.1. The van der Waals surface area contributed by atoms with Gasteiger partial charge in [0.25, 0.3) is 0 Å². The Hall–Kier alpha value is -1.67. The minimum atomic E-state index is -1.29. The van der Waals surface area contributed by atoms with Gasteiger partial charge in [0.2, 0.25) is 0 Å². The summed E-state index contributed by atoms with van der Waals surface area (Å²) >= 11 is 0. The van der Waals surface area contributed by atoms with E-state index in [4.69, 9.17) is 18.9 Å². The van der Waals surface area contributed by atoms with Crippen molar-refractivity contribution in [3.05, 3.63) is 0 Å². The summed E-state index contributed by atoms with van der Waals surface area (Å²) in [5.74, 6) is 0.519. The minimum absolute atomic E-state index is 0.0473. The highest BCUT2D eigenvalue weighted by Gasteiger charge is 2.85. The molecule has 6 rings (SSSR count). The lowest BCUT2D eigenvalue weighted by Crippen LogP contribution is -2.60. The Bertz CT molecular complexity index is 1250. The van der Waals surface area contributed by atoms with Crippen LogP contribution in [0.15, 0.2) is 0 Å². The van der Waals surface area contributed by atoms with E-state index in [0.717, 1.165) is 32.1 Å². The second-order valence-corrected chi connectivity index (χ2v) is 17.9. The molecule has 2 spiro atoms. The van der Waals surface area contributed by atoms with Crippen molar-refractivity contribution in [2.24, 2.45) is 50.7 Å². The number of carbonyl (C=O) groups excluding carboxylic acids is 3. The summed E-state index contributed by atoms with van der Waals surface area (Å²) in [4.78, 5) is 37.8. The molecule has 5 unspecified atom stereocenters. The molecule has 1 heterocycles. The Morgan fingerprint density at radius 3 is 2.13 bits per heavy atom. The lowest BCUT2D eigenvalue weighted by molar-refractivity contribution is -0.221. The lowest BCUT2D eigenvalue weighted by Gasteiger charge is -2.63. The van der Waals surface area contributed by atoms with Crippen LogP contribution >= 0.6 is 0 Å². The van der Waals surface area contributed by atoms with E-state index in [1.165, 1.54) is 19.8 Å². The monoisotopic (exact) mass is 644 g/mol. The van der Waals surface area contributed by atoms with Crippen LogP contribution < -0.4 is 0 Å². The first kappa shape index (κ1) is 34.2. The quantitative estimate of drug-likeness (QED) is 0.239. The van der Waals surface area contributed by atoms with Gasteiger partial charge in [0.15, 0.2) is 6.10 Å². The third-order valence-corrected chi connectivity index (χ3v) is 15.2. The average Bonchev–Trinajstić information content (AvgIpc) is 3.59. The van der Waals surface area contributed by atoms with Crippen LogP contribution in [0.3, 0.4) is 0 Å². The van der Waals surface area contributed by atoms with E-state index >= 15 is 0 Å². The van der Waals surface area contributed by atoms with Gasteiger partial charge in [-0.25, -0.2) is 0 Å². The van der Waals surface area contributed by atoms with Gasteiger partial charge in [0, 0.05) is 30.6 Å². The lowest BCUT2D eigenvalue weighted by atomic mass is 9.41. The van der Waals surface area contributed by atoms with E-state index < -0.39 is 29.9 Å². The molecular weight excluding hydrogens is 584 g/mol. The third-order valence-electron chi connectivity index (χ3n) is 15.2. The van der Waals surface area contributed by atoms with Gasteiger partial charge in [0.05, 0.1) is 17.8 Å². The molecule has 5 aliphatic carbocycles. The standard InChI is InChI=1S/C38H60O8/c1-11-27(40)45-26-15-16-37-20-38(37)18-17-35(9)29-21(3)19-23(31(34(7,8)42)43-22(4)39)44-30(29)32(46-28(41)12-2)36(35,10)25(38)14-13-24(37)33(26,5)6/h21,23-26,29-32,42H,11-20H2,1-10H3/t21-,23?,24+,25+,26?,29?,30?,31+,32+,35-,36-,37?,38+/m1/s1. The topological polar surface area (TPSA) is 108 Å². The normalized spacial score (nSPS) is 47.5. The molecule has 0 amide bonds. The van der Waals surface area contributed by atoms with Crippen molar-refractivity contribution in [2.75, 3.05) is 0 Å². The van der Waals surface area contributed by atoms with Crippen molar-refractivity contribution >= 4 is 17.9 Å². The van der Waals surface area contributed by atoms with Crippen molar-refractivity contribution in [1.82, 2.24) is 0 Å². The first-order valence-corrected chi connectivity index (χ1v) is 18.3. The Labute approximate surface area is 276 Å². The fourth-order valence-corrected chi connectivity index (χ4v) is 13.2. The smallest absolute Gasteiger partial charge is 0.305 e. The van der Waals surface area contributed by atoms with Crippen LogP contribution in [0.4, 0.5) is 0 Å². The number of aliphatic hydroxyl groups is 1. The van der Waals surface area contributed by atoms with Crippen molar-refractivity contribution in [3.8, 4) is 0 Å². The molecule has 6 fully saturated rings. The Morgan fingerprint density at radius 2 is 1.52 bits per heavy atom. The van der Waals surface area contributed by atoms with Crippen molar-refractivity contribution < 1.29 is 38.4 Å². The molecule has 46 heavy (non-hydrogen) atoms. The molecule has 0 bridgehead atoms. The highest BCUT2D eigenvalue weighted by molar-refractivity contribution is 5.69. The van der Waals surface area contributed by atoms with Crippen LogP contribution in [0, 0.1) is 50.7 Å².